The van der Waals surface area contributed by atoms with Gasteiger partial charge in [-0.25, -0.2) is 0 Å². The molecular weight excluding hydrogens is 526 g/mol. The number of carbonyl (C=O) groups excluding carboxylic acids is 2. The van der Waals surface area contributed by atoms with Gasteiger partial charge in [0.05, 0.1) is 22.6 Å². The number of halogens is 6. The molecule has 1 aromatic rings. The number of piperidine rings is 1. The molecular formula is C23H26F6N4O3S. The molecule has 2 N–H and O–H groups in total. The fraction of sp³-hybridized carbons (Fsp3) is 0.522. The van der Waals surface area contributed by atoms with Gasteiger partial charge in [0.1, 0.15) is 5.84 Å². The maximum atomic E-state index is 13.5. The first-order valence-electron chi connectivity index (χ1n) is 11.3. The Morgan fingerprint density at radius 1 is 1.22 bits per heavy atom. The Bertz CT molecular complexity index is 1080. The molecule has 0 unspecified atom stereocenters. The molecule has 2 heterocycles. The van der Waals surface area contributed by atoms with Gasteiger partial charge in [0.2, 0.25) is 5.91 Å². The molecule has 0 aromatic heterocycles. The first kappa shape index (κ1) is 29.0. The van der Waals surface area contributed by atoms with E-state index in [1.165, 1.54) is 19.0 Å². The maximum absolute atomic E-state index is 13.5. The lowest BCUT2D eigenvalue weighted by molar-refractivity contribution is -0.143. The highest BCUT2D eigenvalue weighted by Gasteiger charge is 2.38. The van der Waals surface area contributed by atoms with Crippen LogP contribution in [0.5, 0.6) is 0 Å². The second-order valence-corrected chi connectivity index (χ2v) is 9.95. The number of thioether (sulfide) groups is 1. The van der Waals surface area contributed by atoms with Gasteiger partial charge in [-0.15, -0.1) is 0 Å². The number of likely N-dealkylation sites (tertiary alicyclic amines) is 1. The number of benzene rings is 1. The molecule has 1 atom stereocenters. The largest absolute Gasteiger partial charge is 0.416 e. The van der Waals surface area contributed by atoms with Crippen LogP contribution in [0.1, 0.15) is 29.5 Å². The molecule has 1 aromatic carbocycles. The minimum absolute atomic E-state index is 0.0385. The highest BCUT2D eigenvalue weighted by atomic mass is 32.2. The molecule has 3 rings (SSSR count). The summed E-state index contributed by atoms with van der Waals surface area (Å²) in [5, 5.41) is 11.7. The highest BCUT2D eigenvalue weighted by molar-refractivity contribution is 8.18. The molecule has 0 spiro atoms. The first-order chi connectivity index (χ1) is 17.2. The molecule has 2 fully saturated rings. The van der Waals surface area contributed by atoms with Crippen molar-refractivity contribution in [3.63, 3.8) is 0 Å². The fourth-order valence-electron chi connectivity index (χ4n) is 4.06. The number of likely N-dealkylation sites (N-methyl/N-ethyl adjacent to an activating group) is 1. The summed E-state index contributed by atoms with van der Waals surface area (Å²) < 4.78 is 79.1. The first-order valence-corrected chi connectivity index (χ1v) is 12.1. The molecule has 2 saturated heterocycles. The number of rotatable bonds is 6. The SMILES string of the molecule is CN(C)C(=O)[C@H](CO)N=C1NC(=O)SC1=CC1CCN(Cc2ccc(C(F)(F)F)cc2C(F)(F)F)CC1. The van der Waals surface area contributed by atoms with E-state index in [4.69, 9.17) is 0 Å². The molecule has 2 amide bonds. The molecule has 0 bridgehead atoms. The highest BCUT2D eigenvalue weighted by Crippen LogP contribution is 2.38. The summed E-state index contributed by atoms with van der Waals surface area (Å²) in [4.78, 5) is 31.8. The van der Waals surface area contributed by atoms with E-state index < -0.39 is 47.3 Å². The van der Waals surface area contributed by atoms with Gasteiger partial charge in [-0.2, -0.15) is 26.3 Å². The van der Waals surface area contributed by atoms with Crippen molar-refractivity contribution in [2.75, 3.05) is 33.8 Å². The van der Waals surface area contributed by atoms with Gasteiger partial charge in [-0.1, -0.05) is 12.1 Å². The number of amidine groups is 1. The minimum atomic E-state index is -4.92. The molecule has 0 radical (unpaired) electrons. The van der Waals surface area contributed by atoms with Crippen LogP contribution in [0.25, 0.3) is 0 Å². The van der Waals surface area contributed by atoms with Crippen molar-refractivity contribution in [2.24, 2.45) is 10.9 Å². The zero-order valence-electron chi connectivity index (χ0n) is 20.0. The van der Waals surface area contributed by atoms with E-state index in [0.29, 0.717) is 36.9 Å². The molecule has 7 nitrogen and oxygen atoms in total. The predicted molar refractivity (Wildman–Crippen MR) is 126 cm³/mol. The molecule has 0 aliphatic carbocycles. The Morgan fingerprint density at radius 2 is 1.86 bits per heavy atom. The van der Waals surface area contributed by atoms with Crippen LogP contribution in [0.3, 0.4) is 0 Å². The second-order valence-electron chi connectivity index (χ2n) is 8.94. The Hall–Kier alpha value is -2.58. The van der Waals surface area contributed by atoms with E-state index in [0.717, 1.165) is 17.8 Å². The van der Waals surface area contributed by atoms with Gasteiger partial charge in [0, 0.05) is 20.6 Å². The topological polar surface area (TPSA) is 85.2 Å². The standard InChI is InChI=1S/C23H26F6N4O3S/c1-32(2)20(35)17(12-34)30-19-18(37-21(36)31-19)9-13-5-7-33(8-6-13)11-14-3-4-15(22(24,25)26)10-16(14)23(27,28)29/h3-4,9-10,13,17,34H,5-8,11-12H2,1-2H3,(H,30,31,36)/t17-/m0/s1. The Balaban J connectivity index is 1.70. The van der Waals surface area contributed by atoms with E-state index >= 15 is 0 Å². The van der Waals surface area contributed by atoms with Crippen LogP contribution in [-0.4, -0.2) is 71.7 Å². The quantitative estimate of drug-likeness (QED) is 0.519. The smallest absolute Gasteiger partial charge is 0.394 e. The van der Waals surface area contributed by atoms with Gasteiger partial charge in [-0.05, 0) is 61.3 Å². The monoisotopic (exact) mass is 552 g/mol. The Morgan fingerprint density at radius 3 is 2.41 bits per heavy atom. The number of nitrogens with one attached hydrogen (secondary N) is 1. The third-order valence-electron chi connectivity index (χ3n) is 6.00. The van der Waals surface area contributed by atoms with Crippen LogP contribution in [-0.2, 0) is 23.7 Å². The number of aliphatic hydroxyl groups is 1. The number of nitrogens with zero attached hydrogens (tertiary/aromatic N) is 3. The molecule has 37 heavy (non-hydrogen) atoms. The minimum Gasteiger partial charge on any atom is -0.394 e. The number of hydrogen-bond acceptors (Lipinski definition) is 6. The predicted octanol–water partition coefficient (Wildman–Crippen LogP) is 4.12. The number of carbonyl (C=O) groups is 2. The average molecular weight is 553 g/mol. The van der Waals surface area contributed by atoms with E-state index in [1.807, 2.05) is 6.08 Å². The lowest BCUT2D eigenvalue weighted by atomic mass is 9.95. The normalized spacial score (nSPS) is 20.9. The van der Waals surface area contributed by atoms with Crippen molar-refractivity contribution in [3.05, 3.63) is 45.9 Å². The third-order valence-corrected chi connectivity index (χ3v) is 6.83. The second kappa shape index (κ2) is 11.4. The lowest BCUT2D eigenvalue weighted by Gasteiger charge is -2.31. The van der Waals surface area contributed by atoms with Crippen LogP contribution in [0.15, 0.2) is 34.2 Å². The number of alkyl halides is 6. The van der Waals surface area contributed by atoms with Crippen LogP contribution < -0.4 is 5.32 Å². The number of allylic oxidation sites excluding steroid dienone is 1. The van der Waals surface area contributed by atoms with Crippen LogP contribution in [0.4, 0.5) is 31.1 Å². The zero-order valence-corrected chi connectivity index (χ0v) is 20.8. The van der Waals surface area contributed by atoms with Gasteiger partial charge in [-0.3, -0.25) is 19.5 Å². The van der Waals surface area contributed by atoms with Crippen LogP contribution in [0, 0.1) is 5.92 Å². The summed E-state index contributed by atoms with van der Waals surface area (Å²) in [6.45, 7) is 0.0898. The van der Waals surface area contributed by atoms with Crippen molar-refractivity contribution >= 4 is 28.7 Å². The molecule has 204 valence electrons. The van der Waals surface area contributed by atoms with Gasteiger partial charge < -0.3 is 15.3 Å². The Labute approximate surface area is 213 Å². The summed E-state index contributed by atoms with van der Waals surface area (Å²) in [6, 6.07) is 0.599. The van der Waals surface area contributed by atoms with E-state index in [2.05, 4.69) is 10.3 Å². The summed E-state index contributed by atoms with van der Waals surface area (Å²) in [7, 11) is 3.03. The number of aliphatic imine (C=N–C) groups is 1. The number of hydrogen-bond donors (Lipinski definition) is 2. The summed E-state index contributed by atoms with van der Waals surface area (Å²) in [5.74, 6) is -0.301. The third kappa shape index (κ3) is 7.48. The van der Waals surface area contributed by atoms with E-state index in [9.17, 15) is 41.0 Å². The van der Waals surface area contributed by atoms with Gasteiger partial charge >= 0.3 is 12.4 Å². The molecule has 2 aliphatic heterocycles. The lowest BCUT2D eigenvalue weighted by Crippen LogP contribution is -2.36. The molecule has 2 aliphatic rings. The maximum Gasteiger partial charge on any atom is 0.416 e. The molecule has 0 saturated carbocycles. The van der Waals surface area contributed by atoms with Crippen molar-refractivity contribution < 1.29 is 41.0 Å². The van der Waals surface area contributed by atoms with Crippen molar-refractivity contribution in [3.8, 4) is 0 Å². The van der Waals surface area contributed by atoms with E-state index in [1.54, 1.807) is 4.90 Å². The van der Waals surface area contributed by atoms with Crippen molar-refractivity contribution in [1.82, 2.24) is 15.1 Å². The molecule has 14 heteroatoms. The van der Waals surface area contributed by atoms with Gasteiger partial charge in [0.15, 0.2) is 6.04 Å². The van der Waals surface area contributed by atoms with Crippen molar-refractivity contribution in [1.29, 1.82) is 0 Å². The van der Waals surface area contributed by atoms with Gasteiger partial charge in [0.25, 0.3) is 5.24 Å². The summed E-state index contributed by atoms with van der Waals surface area (Å²) in [6.07, 6.45) is -6.92. The Kier molecular flexibility index (Phi) is 8.96. The van der Waals surface area contributed by atoms with Crippen LogP contribution in [0.2, 0.25) is 0 Å². The fourth-order valence-corrected chi connectivity index (χ4v) is 4.86. The zero-order chi connectivity index (χ0) is 27.5. The van der Waals surface area contributed by atoms with E-state index in [-0.39, 0.29) is 29.9 Å². The summed E-state index contributed by atoms with van der Waals surface area (Å²) >= 11 is 0.895. The van der Waals surface area contributed by atoms with Crippen molar-refractivity contribution in [2.45, 2.75) is 37.8 Å². The average Bonchev–Trinajstić information content (AvgIpc) is 3.15. The number of amides is 2. The number of aliphatic hydroxyl groups excluding tert-OH is 1. The summed E-state index contributed by atoms with van der Waals surface area (Å²) in [5.41, 5.74) is -2.88. The van der Waals surface area contributed by atoms with Crippen LogP contribution >= 0.6 is 11.8 Å².